The van der Waals surface area contributed by atoms with Gasteiger partial charge < -0.3 is 35.1 Å². The Labute approximate surface area is 174 Å². The number of aliphatic hydroxyl groups is 2. The van der Waals surface area contributed by atoms with Crippen LogP contribution in [0, 0.1) is 6.92 Å². The van der Waals surface area contributed by atoms with Crippen LogP contribution in [0.15, 0.2) is 24.3 Å². The molecule has 0 bridgehead atoms. The Morgan fingerprint density at radius 2 is 1.90 bits per heavy atom. The molecule has 1 aromatic carbocycles. The molecule has 160 valence electrons. The summed E-state index contributed by atoms with van der Waals surface area (Å²) in [6, 6.07) is 8.04. The predicted octanol–water partition coefficient (Wildman–Crippen LogP) is 1.03. The average molecular weight is 413 g/mol. The Bertz CT molecular complexity index is 982. The van der Waals surface area contributed by atoms with E-state index in [4.69, 9.17) is 14.7 Å². The van der Waals surface area contributed by atoms with Crippen molar-refractivity contribution in [2.24, 2.45) is 0 Å². The third-order valence-electron chi connectivity index (χ3n) is 4.93. The third kappa shape index (κ3) is 4.45. The highest BCUT2D eigenvalue weighted by molar-refractivity contribution is 5.87. The molecule has 0 aliphatic carbocycles. The van der Waals surface area contributed by atoms with Gasteiger partial charge in [0.2, 0.25) is 11.9 Å². The molecule has 1 saturated heterocycles. The highest BCUT2D eigenvalue weighted by Crippen LogP contribution is 2.28. The first-order valence-electron chi connectivity index (χ1n) is 10.1. The number of nitrogens with one attached hydrogen (secondary N) is 2. The number of morpholine rings is 1. The van der Waals surface area contributed by atoms with E-state index in [-0.39, 0.29) is 13.2 Å². The summed E-state index contributed by atoms with van der Waals surface area (Å²) in [4.78, 5) is 21.2. The topological polar surface area (TPSA) is 123 Å². The zero-order valence-electron chi connectivity index (χ0n) is 17.0. The molecule has 3 heterocycles. The number of aryl methyl sites for hydroxylation is 1. The lowest BCUT2D eigenvalue weighted by atomic mass is 10.2. The van der Waals surface area contributed by atoms with Crippen molar-refractivity contribution >= 4 is 34.6 Å². The van der Waals surface area contributed by atoms with Crippen molar-refractivity contribution in [3.05, 3.63) is 29.8 Å². The van der Waals surface area contributed by atoms with Crippen LogP contribution in [-0.4, -0.2) is 82.8 Å². The Hall–Kier alpha value is -2.95. The second kappa shape index (κ2) is 9.24. The van der Waals surface area contributed by atoms with E-state index in [1.54, 1.807) is 4.90 Å². The van der Waals surface area contributed by atoms with Crippen LogP contribution in [0.1, 0.15) is 5.56 Å². The predicted molar refractivity (Wildman–Crippen MR) is 116 cm³/mol. The largest absolute Gasteiger partial charge is 0.395 e. The first-order chi connectivity index (χ1) is 14.7. The maximum Gasteiger partial charge on any atom is 0.229 e. The van der Waals surface area contributed by atoms with Crippen LogP contribution in [0.5, 0.6) is 0 Å². The number of aromatic amines is 1. The lowest BCUT2D eigenvalue weighted by molar-refractivity contribution is 0.122. The number of aliphatic hydroxyl groups excluding tert-OH is 2. The first kappa shape index (κ1) is 20.3. The van der Waals surface area contributed by atoms with Crippen molar-refractivity contribution in [2.45, 2.75) is 6.92 Å². The van der Waals surface area contributed by atoms with Crippen molar-refractivity contribution in [3.63, 3.8) is 0 Å². The molecule has 0 unspecified atom stereocenters. The van der Waals surface area contributed by atoms with Crippen molar-refractivity contribution in [2.75, 3.05) is 67.7 Å². The molecular weight excluding hydrogens is 386 g/mol. The van der Waals surface area contributed by atoms with Crippen molar-refractivity contribution < 1.29 is 14.9 Å². The van der Waals surface area contributed by atoms with E-state index in [9.17, 15) is 10.2 Å². The highest BCUT2D eigenvalue weighted by Gasteiger charge is 2.22. The summed E-state index contributed by atoms with van der Waals surface area (Å²) in [6.45, 7) is 5.24. The molecule has 10 heteroatoms. The number of anilines is 4. The Morgan fingerprint density at radius 3 is 2.60 bits per heavy atom. The van der Waals surface area contributed by atoms with Gasteiger partial charge in [0.1, 0.15) is 0 Å². The van der Waals surface area contributed by atoms with E-state index in [1.807, 2.05) is 31.2 Å². The third-order valence-corrected chi connectivity index (χ3v) is 4.93. The minimum atomic E-state index is -0.0581. The van der Waals surface area contributed by atoms with Gasteiger partial charge in [-0.05, 0) is 24.6 Å². The number of benzene rings is 1. The molecule has 30 heavy (non-hydrogen) atoms. The Balaban J connectivity index is 1.75. The maximum atomic E-state index is 9.41. The molecule has 4 N–H and O–H groups in total. The van der Waals surface area contributed by atoms with Gasteiger partial charge >= 0.3 is 0 Å². The summed E-state index contributed by atoms with van der Waals surface area (Å²) in [5.74, 6) is 1.73. The Kier molecular flexibility index (Phi) is 6.26. The first-order valence-corrected chi connectivity index (χ1v) is 10.1. The Morgan fingerprint density at radius 1 is 1.13 bits per heavy atom. The summed E-state index contributed by atoms with van der Waals surface area (Å²) < 4.78 is 5.48. The summed E-state index contributed by atoms with van der Waals surface area (Å²) in [5, 5.41) is 22.1. The van der Waals surface area contributed by atoms with Gasteiger partial charge in [0.25, 0.3) is 0 Å². The monoisotopic (exact) mass is 413 g/mol. The smallest absolute Gasteiger partial charge is 0.229 e. The van der Waals surface area contributed by atoms with Crippen LogP contribution in [-0.2, 0) is 4.74 Å². The fourth-order valence-electron chi connectivity index (χ4n) is 3.48. The number of H-pyrrole nitrogens is 1. The summed E-state index contributed by atoms with van der Waals surface area (Å²) in [7, 11) is 0. The SMILES string of the molecule is Cc1cccc(Nc2nc3c(N4CCOCC4)nc(N(CCO)CCO)nc3[nH]2)c1. The number of hydrogen-bond acceptors (Lipinski definition) is 9. The van der Waals surface area contributed by atoms with Crippen molar-refractivity contribution in [1.29, 1.82) is 0 Å². The summed E-state index contributed by atoms with van der Waals surface area (Å²) in [5.41, 5.74) is 3.34. The van der Waals surface area contributed by atoms with E-state index >= 15 is 0 Å². The van der Waals surface area contributed by atoms with Gasteiger partial charge in [0.05, 0.1) is 26.4 Å². The van der Waals surface area contributed by atoms with Crippen molar-refractivity contribution in [3.8, 4) is 0 Å². The molecule has 0 spiro atoms. The molecule has 1 fully saturated rings. The highest BCUT2D eigenvalue weighted by atomic mass is 16.5. The zero-order valence-corrected chi connectivity index (χ0v) is 17.0. The van der Waals surface area contributed by atoms with E-state index < -0.39 is 0 Å². The number of imidazole rings is 1. The maximum absolute atomic E-state index is 9.41. The molecule has 1 aliphatic heterocycles. The molecule has 3 aromatic rings. The molecule has 0 amide bonds. The molecule has 10 nitrogen and oxygen atoms in total. The quantitative estimate of drug-likeness (QED) is 0.429. The van der Waals surface area contributed by atoms with E-state index in [0.717, 1.165) is 11.3 Å². The number of rotatable bonds is 8. The number of hydrogen-bond donors (Lipinski definition) is 4. The number of fused-ring (bicyclic) bond motifs is 1. The van der Waals surface area contributed by atoms with Crippen LogP contribution in [0.4, 0.5) is 23.4 Å². The normalized spacial score (nSPS) is 14.3. The molecule has 4 rings (SSSR count). The van der Waals surface area contributed by atoms with Gasteiger partial charge in [-0.3, -0.25) is 0 Å². The minimum absolute atomic E-state index is 0.0581. The van der Waals surface area contributed by atoms with Crippen LogP contribution in [0.3, 0.4) is 0 Å². The van der Waals surface area contributed by atoms with Gasteiger partial charge in [0, 0.05) is 31.9 Å². The summed E-state index contributed by atoms with van der Waals surface area (Å²) in [6.07, 6.45) is 0. The second-order valence-corrected chi connectivity index (χ2v) is 7.16. The van der Waals surface area contributed by atoms with E-state index in [1.165, 1.54) is 0 Å². The lowest BCUT2D eigenvalue weighted by Crippen LogP contribution is -2.38. The molecular formula is C20H27N7O3. The van der Waals surface area contributed by atoms with Gasteiger partial charge in [-0.15, -0.1) is 0 Å². The van der Waals surface area contributed by atoms with Crippen molar-refractivity contribution in [1.82, 2.24) is 19.9 Å². The van der Waals surface area contributed by atoms with Gasteiger partial charge in [0.15, 0.2) is 17.0 Å². The van der Waals surface area contributed by atoms with Crippen LogP contribution < -0.4 is 15.1 Å². The fraction of sp³-hybridized carbons (Fsp3) is 0.450. The number of aromatic nitrogens is 4. The molecule has 1 aliphatic rings. The van der Waals surface area contributed by atoms with Gasteiger partial charge in [-0.2, -0.15) is 9.97 Å². The van der Waals surface area contributed by atoms with Crippen LogP contribution in [0.25, 0.3) is 11.2 Å². The van der Waals surface area contributed by atoms with E-state index in [0.29, 0.717) is 68.3 Å². The number of ether oxygens (including phenoxy) is 1. The fourth-order valence-corrected chi connectivity index (χ4v) is 3.48. The molecule has 0 radical (unpaired) electrons. The average Bonchev–Trinajstić information content (AvgIpc) is 3.15. The molecule has 0 saturated carbocycles. The minimum Gasteiger partial charge on any atom is -0.395 e. The zero-order chi connectivity index (χ0) is 20.9. The molecule has 2 aromatic heterocycles. The van der Waals surface area contributed by atoms with Crippen LogP contribution in [0.2, 0.25) is 0 Å². The second-order valence-electron chi connectivity index (χ2n) is 7.16. The van der Waals surface area contributed by atoms with Gasteiger partial charge in [-0.25, -0.2) is 4.98 Å². The number of nitrogens with zero attached hydrogens (tertiary/aromatic N) is 5. The standard InChI is InChI=1S/C20H27N7O3/c1-14-3-2-4-15(13-14)21-19-22-16-17(23-19)24-20(27(5-9-28)6-10-29)25-18(16)26-7-11-30-12-8-26/h2-4,13,28-29H,5-12H2,1H3,(H2,21,22,23,24,25). The van der Waals surface area contributed by atoms with Crippen LogP contribution >= 0.6 is 0 Å². The summed E-state index contributed by atoms with van der Waals surface area (Å²) >= 11 is 0. The van der Waals surface area contributed by atoms with E-state index in [2.05, 4.69) is 20.2 Å². The molecule has 0 atom stereocenters. The van der Waals surface area contributed by atoms with Gasteiger partial charge in [-0.1, -0.05) is 12.1 Å². The lowest BCUT2D eigenvalue weighted by Gasteiger charge is -2.29.